The minimum Gasteiger partial charge on any atom is -0.330 e. The van der Waals surface area contributed by atoms with E-state index in [1.165, 1.54) is 5.56 Å². The molecule has 0 saturated carbocycles. The number of unbranched alkanes of at least 4 members (excludes halogenated alkanes) is 1. The van der Waals surface area contributed by atoms with Crippen LogP contribution in [0.1, 0.15) is 30.9 Å². The second-order valence-corrected chi connectivity index (χ2v) is 4.27. The van der Waals surface area contributed by atoms with Crippen molar-refractivity contribution in [1.29, 1.82) is 0 Å². The van der Waals surface area contributed by atoms with Crippen molar-refractivity contribution < 1.29 is 0 Å². The van der Waals surface area contributed by atoms with Crippen molar-refractivity contribution in [3.63, 3.8) is 0 Å². The van der Waals surface area contributed by atoms with Crippen molar-refractivity contribution in [2.45, 2.75) is 25.3 Å². The summed E-state index contributed by atoms with van der Waals surface area (Å²) in [4.78, 5) is 0. The molecule has 4 heteroatoms. The predicted molar refractivity (Wildman–Crippen MR) is 71.2 cm³/mol. The van der Waals surface area contributed by atoms with Gasteiger partial charge in [0.15, 0.2) is 0 Å². The van der Waals surface area contributed by atoms with E-state index in [0.717, 1.165) is 30.3 Å². The molecule has 0 amide bonds. The first-order valence-electron chi connectivity index (χ1n) is 4.95. The average molecular weight is 294 g/mol. The van der Waals surface area contributed by atoms with Crippen LogP contribution in [0, 0.1) is 0 Å². The van der Waals surface area contributed by atoms with Crippen LogP contribution in [-0.4, -0.2) is 6.54 Å². The van der Waals surface area contributed by atoms with Gasteiger partial charge in [0, 0.05) is 10.5 Å². The fraction of sp³-hybridized carbons (Fsp3) is 0.455. The molecule has 0 saturated heterocycles. The van der Waals surface area contributed by atoms with E-state index < -0.39 is 0 Å². The van der Waals surface area contributed by atoms with Gasteiger partial charge in [0.25, 0.3) is 0 Å². The van der Waals surface area contributed by atoms with Gasteiger partial charge in [-0.15, -0.1) is 12.4 Å². The molecule has 0 spiro atoms. The number of halogens is 2. The van der Waals surface area contributed by atoms with Crippen LogP contribution in [0.5, 0.6) is 0 Å². The van der Waals surface area contributed by atoms with Crippen LogP contribution in [-0.2, 0) is 0 Å². The maximum absolute atomic E-state index is 6.07. The molecule has 4 N–H and O–H groups in total. The molecule has 0 bridgehead atoms. The van der Waals surface area contributed by atoms with E-state index in [2.05, 4.69) is 22.0 Å². The van der Waals surface area contributed by atoms with Crippen molar-refractivity contribution in [2.75, 3.05) is 6.54 Å². The molecule has 86 valence electrons. The molecule has 0 radical (unpaired) electrons. The summed E-state index contributed by atoms with van der Waals surface area (Å²) in [6.07, 6.45) is 3.15. The lowest BCUT2D eigenvalue weighted by atomic mass is 10.0. The van der Waals surface area contributed by atoms with E-state index in [1.54, 1.807) is 0 Å². The first-order valence-corrected chi connectivity index (χ1v) is 5.75. The molecule has 1 aromatic carbocycles. The smallest absolute Gasteiger partial charge is 0.0306 e. The second-order valence-electron chi connectivity index (χ2n) is 3.41. The standard InChI is InChI=1S/C11H17BrN2.ClH/c12-10-6-2-1-5-9(10)11(14)7-3-4-8-13;/h1-2,5-6,11H,3-4,7-8,13-14H2;1H/t11-;/m1./s1. The molecule has 1 atom stereocenters. The third kappa shape index (κ3) is 4.98. The van der Waals surface area contributed by atoms with Crippen molar-refractivity contribution in [1.82, 2.24) is 0 Å². The first kappa shape index (κ1) is 14.9. The van der Waals surface area contributed by atoms with Gasteiger partial charge >= 0.3 is 0 Å². The van der Waals surface area contributed by atoms with E-state index in [9.17, 15) is 0 Å². The lowest BCUT2D eigenvalue weighted by molar-refractivity contribution is 0.589. The van der Waals surface area contributed by atoms with Crippen LogP contribution in [0.4, 0.5) is 0 Å². The molecule has 1 aromatic rings. The van der Waals surface area contributed by atoms with Crippen LogP contribution < -0.4 is 11.5 Å². The van der Waals surface area contributed by atoms with Crippen LogP contribution in [0.25, 0.3) is 0 Å². The topological polar surface area (TPSA) is 52.0 Å². The van der Waals surface area contributed by atoms with Gasteiger partial charge in [-0.1, -0.05) is 40.5 Å². The van der Waals surface area contributed by atoms with Crippen LogP contribution in [0.3, 0.4) is 0 Å². The Morgan fingerprint density at radius 1 is 1.20 bits per heavy atom. The zero-order chi connectivity index (χ0) is 10.4. The highest BCUT2D eigenvalue weighted by Crippen LogP contribution is 2.24. The van der Waals surface area contributed by atoms with Gasteiger partial charge < -0.3 is 11.5 Å². The summed E-state index contributed by atoms with van der Waals surface area (Å²) in [5.74, 6) is 0. The van der Waals surface area contributed by atoms with Gasteiger partial charge in [0.1, 0.15) is 0 Å². The summed E-state index contributed by atoms with van der Waals surface area (Å²) in [5.41, 5.74) is 12.7. The summed E-state index contributed by atoms with van der Waals surface area (Å²) in [6, 6.07) is 8.23. The highest BCUT2D eigenvalue weighted by atomic mass is 79.9. The molecule has 0 heterocycles. The third-order valence-corrected chi connectivity index (χ3v) is 3.00. The summed E-state index contributed by atoms with van der Waals surface area (Å²) < 4.78 is 1.10. The molecule has 15 heavy (non-hydrogen) atoms. The highest BCUT2D eigenvalue weighted by Gasteiger charge is 2.07. The number of hydrogen-bond donors (Lipinski definition) is 2. The van der Waals surface area contributed by atoms with Gasteiger partial charge in [-0.2, -0.15) is 0 Å². The van der Waals surface area contributed by atoms with Gasteiger partial charge in [-0.3, -0.25) is 0 Å². The molecular formula is C11H18BrClN2. The Kier molecular flexibility index (Phi) is 8.06. The predicted octanol–water partition coefficient (Wildman–Crippen LogP) is 3.00. The van der Waals surface area contributed by atoms with Crippen LogP contribution in [0.2, 0.25) is 0 Å². The van der Waals surface area contributed by atoms with Gasteiger partial charge in [-0.25, -0.2) is 0 Å². The first-order chi connectivity index (χ1) is 6.75. The molecule has 0 fully saturated rings. The normalized spacial score (nSPS) is 11.9. The fourth-order valence-electron chi connectivity index (χ4n) is 1.44. The maximum Gasteiger partial charge on any atom is 0.0306 e. The highest BCUT2D eigenvalue weighted by molar-refractivity contribution is 9.10. The molecule has 0 aliphatic rings. The minimum absolute atomic E-state index is 0. The summed E-state index contributed by atoms with van der Waals surface area (Å²) in [7, 11) is 0. The van der Waals surface area contributed by atoms with Crippen molar-refractivity contribution in [3.8, 4) is 0 Å². The van der Waals surface area contributed by atoms with Gasteiger partial charge in [-0.05, 0) is 31.0 Å². The Bertz CT molecular complexity index is 281. The Labute approximate surface area is 106 Å². The third-order valence-electron chi connectivity index (χ3n) is 2.27. The molecule has 2 nitrogen and oxygen atoms in total. The SMILES string of the molecule is Cl.NCCCC[C@@H](N)c1ccccc1Br. The lowest BCUT2D eigenvalue weighted by Crippen LogP contribution is -2.11. The van der Waals surface area contributed by atoms with E-state index in [1.807, 2.05) is 18.2 Å². The van der Waals surface area contributed by atoms with E-state index in [-0.39, 0.29) is 18.4 Å². The lowest BCUT2D eigenvalue weighted by Gasteiger charge is -2.13. The summed E-state index contributed by atoms with van der Waals surface area (Å²) in [6.45, 7) is 0.753. The second kappa shape index (κ2) is 8.11. The van der Waals surface area contributed by atoms with Crippen molar-refractivity contribution in [2.24, 2.45) is 11.5 Å². The Morgan fingerprint density at radius 2 is 1.87 bits per heavy atom. The van der Waals surface area contributed by atoms with Crippen LogP contribution >= 0.6 is 28.3 Å². The van der Waals surface area contributed by atoms with E-state index >= 15 is 0 Å². The molecule has 0 aliphatic carbocycles. The van der Waals surface area contributed by atoms with E-state index in [0.29, 0.717) is 0 Å². The zero-order valence-electron chi connectivity index (χ0n) is 8.66. The average Bonchev–Trinajstić information content (AvgIpc) is 2.18. The number of rotatable bonds is 5. The van der Waals surface area contributed by atoms with Gasteiger partial charge in [0.05, 0.1) is 0 Å². The Balaban J connectivity index is 0.00000196. The Morgan fingerprint density at radius 3 is 2.47 bits per heavy atom. The zero-order valence-corrected chi connectivity index (χ0v) is 11.1. The minimum atomic E-state index is 0. The maximum atomic E-state index is 6.07. The molecule has 0 aliphatic heterocycles. The van der Waals surface area contributed by atoms with Crippen LogP contribution in [0.15, 0.2) is 28.7 Å². The van der Waals surface area contributed by atoms with Crippen molar-refractivity contribution in [3.05, 3.63) is 34.3 Å². The largest absolute Gasteiger partial charge is 0.330 e. The Hall–Kier alpha value is -0.0900. The molecule has 0 aromatic heterocycles. The quantitative estimate of drug-likeness (QED) is 0.820. The summed E-state index contributed by atoms with van der Waals surface area (Å²) >= 11 is 3.50. The number of benzene rings is 1. The summed E-state index contributed by atoms with van der Waals surface area (Å²) in [5, 5.41) is 0. The van der Waals surface area contributed by atoms with Gasteiger partial charge in [0.2, 0.25) is 0 Å². The number of hydrogen-bond acceptors (Lipinski definition) is 2. The monoisotopic (exact) mass is 292 g/mol. The molecular weight excluding hydrogens is 275 g/mol. The molecule has 0 unspecified atom stereocenters. The number of nitrogens with two attached hydrogens (primary N) is 2. The van der Waals surface area contributed by atoms with Crippen molar-refractivity contribution >= 4 is 28.3 Å². The fourth-order valence-corrected chi connectivity index (χ4v) is 2.02. The van der Waals surface area contributed by atoms with E-state index in [4.69, 9.17) is 11.5 Å². The molecule has 1 rings (SSSR count).